The molecule has 1 rings (SSSR count). The van der Waals surface area contributed by atoms with Gasteiger partial charge in [-0.15, -0.1) is 0 Å². The van der Waals surface area contributed by atoms with Crippen LogP contribution in [-0.2, 0) is 12.8 Å². The Morgan fingerprint density at radius 3 is 1.93 bits per heavy atom. The van der Waals surface area contributed by atoms with E-state index in [1.807, 2.05) is 26.0 Å². The van der Waals surface area contributed by atoms with Crippen molar-refractivity contribution in [3.8, 4) is 12.1 Å². The molecule has 2 nitrogen and oxygen atoms in total. The van der Waals surface area contributed by atoms with E-state index in [0.717, 1.165) is 22.3 Å². The molecule has 0 saturated carbocycles. The Hall–Kier alpha value is -1.80. The zero-order valence-corrected chi connectivity index (χ0v) is 8.46. The normalized spacial score (nSPS) is 9.14. The van der Waals surface area contributed by atoms with Crippen LogP contribution in [0, 0.1) is 36.5 Å². The lowest BCUT2D eigenvalue weighted by atomic mass is 9.96. The molecular formula is C12H12N2. The number of rotatable bonds is 2. The summed E-state index contributed by atoms with van der Waals surface area (Å²) in [6, 6.07) is 8.25. The van der Waals surface area contributed by atoms with Gasteiger partial charge in [-0.2, -0.15) is 10.5 Å². The largest absolute Gasteiger partial charge is 0.198 e. The molecule has 0 fully saturated rings. The first-order chi connectivity index (χ1) is 6.69. The molecule has 0 saturated heterocycles. The number of hydrogen-bond donors (Lipinski definition) is 0. The van der Waals surface area contributed by atoms with Gasteiger partial charge >= 0.3 is 0 Å². The third-order valence-corrected chi connectivity index (χ3v) is 2.29. The highest BCUT2D eigenvalue weighted by atomic mass is 14.2. The minimum absolute atomic E-state index is 0.439. The van der Waals surface area contributed by atoms with Crippen molar-refractivity contribution in [1.29, 1.82) is 10.5 Å². The van der Waals surface area contributed by atoms with Crippen molar-refractivity contribution < 1.29 is 0 Å². The second kappa shape index (κ2) is 4.44. The maximum absolute atomic E-state index is 8.64. The first-order valence-corrected chi connectivity index (χ1v) is 4.52. The van der Waals surface area contributed by atoms with Crippen LogP contribution >= 0.6 is 0 Å². The second-order valence-electron chi connectivity index (χ2n) is 3.38. The van der Waals surface area contributed by atoms with Crippen LogP contribution in [0.5, 0.6) is 0 Å². The Morgan fingerprint density at radius 2 is 1.50 bits per heavy atom. The fourth-order valence-electron chi connectivity index (χ4n) is 1.63. The van der Waals surface area contributed by atoms with E-state index in [9.17, 15) is 0 Å². The van der Waals surface area contributed by atoms with E-state index in [-0.39, 0.29) is 0 Å². The van der Waals surface area contributed by atoms with Gasteiger partial charge in [-0.25, -0.2) is 0 Å². The molecule has 0 aromatic heterocycles. The minimum atomic E-state index is 0.439. The van der Waals surface area contributed by atoms with Crippen molar-refractivity contribution in [2.24, 2.45) is 0 Å². The first kappa shape index (κ1) is 10.3. The highest BCUT2D eigenvalue weighted by Gasteiger charge is 2.04. The van der Waals surface area contributed by atoms with Crippen LogP contribution < -0.4 is 0 Å². The van der Waals surface area contributed by atoms with Crippen LogP contribution in [0.1, 0.15) is 22.3 Å². The Labute approximate surface area is 84.4 Å². The van der Waals surface area contributed by atoms with Gasteiger partial charge in [-0.1, -0.05) is 12.1 Å². The Kier molecular flexibility index (Phi) is 3.26. The number of nitrogens with zero attached hydrogens (tertiary/aromatic N) is 2. The number of benzene rings is 1. The summed E-state index contributed by atoms with van der Waals surface area (Å²) < 4.78 is 0. The van der Waals surface area contributed by atoms with Gasteiger partial charge in [0.15, 0.2) is 0 Å². The van der Waals surface area contributed by atoms with E-state index in [4.69, 9.17) is 10.5 Å². The Bertz CT molecular complexity index is 396. The molecule has 0 spiro atoms. The molecule has 0 atom stereocenters. The summed E-state index contributed by atoms with van der Waals surface area (Å²) >= 11 is 0. The average Bonchev–Trinajstić information content (AvgIpc) is 2.12. The maximum Gasteiger partial charge on any atom is 0.0669 e. The van der Waals surface area contributed by atoms with Crippen molar-refractivity contribution in [2.45, 2.75) is 26.7 Å². The van der Waals surface area contributed by atoms with E-state index in [1.165, 1.54) is 0 Å². The molecule has 0 unspecified atom stereocenters. The van der Waals surface area contributed by atoms with Crippen LogP contribution in [0.15, 0.2) is 12.1 Å². The number of hydrogen-bond acceptors (Lipinski definition) is 2. The van der Waals surface area contributed by atoms with Gasteiger partial charge in [0.25, 0.3) is 0 Å². The Morgan fingerprint density at radius 1 is 1.00 bits per heavy atom. The maximum atomic E-state index is 8.64. The molecule has 70 valence electrons. The van der Waals surface area contributed by atoms with Gasteiger partial charge < -0.3 is 0 Å². The van der Waals surface area contributed by atoms with E-state index < -0.39 is 0 Å². The summed E-state index contributed by atoms with van der Waals surface area (Å²) in [6.45, 7) is 3.97. The summed E-state index contributed by atoms with van der Waals surface area (Å²) in [4.78, 5) is 0. The molecule has 1 aromatic rings. The summed E-state index contributed by atoms with van der Waals surface area (Å²) in [5.41, 5.74) is 4.34. The third-order valence-electron chi connectivity index (χ3n) is 2.29. The van der Waals surface area contributed by atoms with E-state index >= 15 is 0 Å². The summed E-state index contributed by atoms with van der Waals surface area (Å²) in [5.74, 6) is 0. The highest BCUT2D eigenvalue weighted by molar-refractivity contribution is 5.40. The third kappa shape index (κ3) is 2.12. The summed E-state index contributed by atoms with van der Waals surface area (Å²) in [7, 11) is 0. The van der Waals surface area contributed by atoms with Crippen molar-refractivity contribution in [2.75, 3.05) is 0 Å². The predicted octanol–water partition coefficient (Wildman–Crippen LogP) is 2.44. The molecule has 0 aliphatic heterocycles. The van der Waals surface area contributed by atoms with Gasteiger partial charge in [0.05, 0.1) is 25.0 Å². The van der Waals surface area contributed by atoms with Crippen LogP contribution in [0.2, 0.25) is 0 Å². The molecule has 2 heteroatoms. The van der Waals surface area contributed by atoms with E-state index in [2.05, 4.69) is 12.1 Å². The smallest absolute Gasteiger partial charge is 0.0669 e. The second-order valence-corrected chi connectivity index (χ2v) is 3.38. The SMILES string of the molecule is Cc1cc(CC#N)cc(C)c1CC#N. The van der Waals surface area contributed by atoms with E-state index in [1.54, 1.807) is 0 Å². The van der Waals surface area contributed by atoms with Crippen LogP contribution in [0.25, 0.3) is 0 Å². The molecule has 0 aliphatic carbocycles. The van der Waals surface area contributed by atoms with E-state index in [0.29, 0.717) is 12.8 Å². The lowest BCUT2D eigenvalue weighted by Crippen LogP contribution is -1.95. The van der Waals surface area contributed by atoms with Crippen molar-refractivity contribution in [3.63, 3.8) is 0 Å². The van der Waals surface area contributed by atoms with Gasteiger partial charge in [-0.05, 0) is 36.1 Å². The Balaban J connectivity index is 3.14. The monoisotopic (exact) mass is 184 g/mol. The molecule has 0 heterocycles. The molecular weight excluding hydrogens is 172 g/mol. The van der Waals surface area contributed by atoms with Crippen molar-refractivity contribution in [1.82, 2.24) is 0 Å². The van der Waals surface area contributed by atoms with Crippen LogP contribution in [0.4, 0.5) is 0 Å². The quantitative estimate of drug-likeness (QED) is 0.708. The molecule has 0 bridgehead atoms. The standard InChI is InChI=1S/C12H12N2/c1-9-7-11(3-5-13)8-10(2)12(9)4-6-14/h7-8H,3-4H2,1-2H3. The fraction of sp³-hybridized carbons (Fsp3) is 0.333. The lowest BCUT2D eigenvalue weighted by Gasteiger charge is -2.08. The minimum Gasteiger partial charge on any atom is -0.198 e. The molecule has 0 radical (unpaired) electrons. The van der Waals surface area contributed by atoms with Crippen LogP contribution in [-0.4, -0.2) is 0 Å². The fourth-order valence-corrected chi connectivity index (χ4v) is 1.63. The first-order valence-electron chi connectivity index (χ1n) is 4.52. The zero-order valence-electron chi connectivity index (χ0n) is 8.46. The van der Waals surface area contributed by atoms with Gasteiger partial charge in [0.1, 0.15) is 0 Å². The molecule has 14 heavy (non-hydrogen) atoms. The van der Waals surface area contributed by atoms with Gasteiger partial charge in [0, 0.05) is 0 Å². The van der Waals surface area contributed by atoms with Gasteiger partial charge in [0.2, 0.25) is 0 Å². The molecule has 1 aromatic carbocycles. The molecule has 0 amide bonds. The lowest BCUT2D eigenvalue weighted by molar-refractivity contribution is 1.13. The summed E-state index contributed by atoms with van der Waals surface area (Å²) in [6.07, 6.45) is 0.888. The van der Waals surface area contributed by atoms with Crippen molar-refractivity contribution in [3.05, 3.63) is 34.4 Å². The van der Waals surface area contributed by atoms with Gasteiger partial charge in [-0.3, -0.25) is 0 Å². The predicted molar refractivity (Wildman–Crippen MR) is 54.6 cm³/mol. The molecule has 0 N–H and O–H groups in total. The summed E-state index contributed by atoms with van der Waals surface area (Å²) in [5, 5.41) is 17.2. The topological polar surface area (TPSA) is 47.6 Å². The number of nitriles is 2. The zero-order chi connectivity index (χ0) is 10.6. The van der Waals surface area contributed by atoms with Crippen molar-refractivity contribution >= 4 is 0 Å². The average molecular weight is 184 g/mol. The number of aryl methyl sites for hydroxylation is 2. The molecule has 0 aliphatic rings. The highest BCUT2D eigenvalue weighted by Crippen LogP contribution is 2.17. The van der Waals surface area contributed by atoms with Crippen LogP contribution in [0.3, 0.4) is 0 Å².